The Morgan fingerprint density at radius 3 is 2.45 bits per heavy atom. The fraction of sp³-hybridized carbons (Fsp3) is 0.333. The molecule has 0 aliphatic heterocycles. The average Bonchev–Trinajstić information content (AvgIpc) is 2.53. The molecule has 116 valence electrons. The fourth-order valence-electron chi connectivity index (χ4n) is 1.86. The molecule has 4 heteroatoms. The smallest absolute Gasteiger partial charge is 0.308 e. The van der Waals surface area contributed by atoms with Crippen LogP contribution in [-0.2, 0) is 9.53 Å². The molecule has 1 heterocycles. The number of nitrogens with zero attached hydrogens (tertiary/aromatic N) is 1. The summed E-state index contributed by atoms with van der Waals surface area (Å²) >= 11 is 0. The zero-order chi connectivity index (χ0) is 15.9. The van der Waals surface area contributed by atoms with E-state index in [1.165, 1.54) is 0 Å². The summed E-state index contributed by atoms with van der Waals surface area (Å²) in [5, 5.41) is 0. The summed E-state index contributed by atoms with van der Waals surface area (Å²) in [6, 6.07) is 15.5. The highest BCUT2D eigenvalue weighted by Gasteiger charge is 2.12. The minimum atomic E-state index is -0.249. The summed E-state index contributed by atoms with van der Waals surface area (Å²) < 4.78 is 10.9. The maximum atomic E-state index is 11.4. The van der Waals surface area contributed by atoms with Crippen LogP contribution < -0.4 is 4.74 Å². The molecule has 0 N–H and O–H groups in total. The van der Waals surface area contributed by atoms with Gasteiger partial charge in [-0.25, -0.2) is 4.98 Å². The van der Waals surface area contributed by atoms with Gasteiger partial charge in [0.25, 0.3) is 0 Å². The molecule has 0 saturated carbocycles. The highest BCUT2D eigenvalue weighted by Crippen LogP contribution is 2.19. The Morgan fingerprint density at radius 1 is 1.05 bits per heavy atom. The number of pyridine rings is 1. The molecule has 0 bridgehead atoms. The van der Waals surface area contributed by atoms with E-state index < -0.39 is 0 Å². The Morgan fingerprint density at radius 2 is 1.77 bits per heavy atom. The van der Waals surface area contributed by atoms with Crippen molar-refractivity contribution >= 4 is 5.97 Å². The molecule has 1 aromatic carbocycles. The number of aromatic nitrogens is 1. The Labute approximate surface area is 131 Å². The van der Waals surface area contributed by atoms with Crippen molar-refractivity contribution in [2.24, 2.45) is 5.92 Å². The first kappa shape index (κ1) is 16.0. The largest absolute Gasteiger partial charge is 0.471 e. The quantitative estimate of drug-likeness (QED) is 0.763. The van der Waals surface area contributed by atoms with E-state index in [9.17, 15) is 4.79 Å². The van der Waals surface area contributed by atoms with Crippen LogP contribution in [-0.4, -0.2) is 23.7 Å². The summed E-state index contributed by atoms with van der Waals surface area (Å²) in [6.45, 7) is 5.68. The van der Waals surface area contributed by atoms with Gasteiger partial charge in [-0.15, -0.1) is 0 Å². The van der Waals surface area contributed by atoms with Crippen molar-refractivity contribution in [3.63, 3.8) is 0 Å². The molecule has 0 saturated heterocycles. The van der Waals surface area contributed by atoms with Crippen LogP contribution in [0.2, 0.25) is 0 Å². The van der Waals surface area contributed by atoms with Crippen molar-refractivity contribution in [3.05, 3.63) is 48.5 Å². The summed E-state index contributed by atoms with van der Waals surface area (Å²) in [6.07, 6.45) is -0.249. The van der Waals surface area contributed by atoms with Crippen LogP contribution in [0.25, 0.3) is 11.3 Å². The molecule has 2 rings (SSSR count). The number of benzene rings is 1. The van der Waals surface area contributed by atoms with Gasteiger partial charge in [-0.3, -0.25) is 4.79 Å². The van der Waals surface area contributed by atoms with Crippen molar-refractivity contribution in [1.82, 2.24) is 4.98 Å². The second-order valence-electron chi connectivity index (χ2n) is 5.44. The average molecular weight is 299 g/mol. The first-order chi connectivity index (χ1) is 10.6. The van der Waals surface area contributed by atoms with Crippen LogP contribution in [0.15, 0.2) is 48.5 Å². The van der Waals surface area contributed by atoms with Gasteiger partial charge in [0.1, 0.15) is 12.7 Å². The van der Waals surface area contributed by atoms with E-state index in [-0.39, 0.29) is 24.6 Å². The van der Waals surface area contributed by atoms with Crippen molar-refractivity contribution in [1.29, 1.82) is 0 Å². The number of ether oxygens (including phenoxy) is 2. The number of carbonyl (C=O) groups is 1. The van der Waals surface area contributed by atoms with E-state index in [0.717, 1.165) is 11.3 Å². The molecule has 1 unspecified atom stereocenters. The Bertz CT molecular complexity index is 611. The first-order valence-corrected chi connectivity index (χ1v) is 7.42. The van der Waals surface area contributed by atoms with Crippen LogP contribution in [0.3, 0.4) is 0 Å². The van der Waals surface area contributed by atoms with E-state index in [0.29, 0.717) is 5.88 Å². The fourth-order valence-corrected chi connectivity index (χ4v) is 1.86. The highest BCUT2D eigenvalue weighted by atomic mass is 16.6. The van der Waals surface area contributed by atoms with Gasteiger partial charge < -0.3 is 9.47 Å². The number of carbonyl (C=O) groups excluding carboxylic acids is 1. The highest BCUT2D eigenvalue weighted by molar-refractivity contribution is 5.71. The van der Waals surface area contributed by atoms with Gasteiger partial charge in [0.05, 0.1) is 11.6 Å². The van der Waals surface area contributed by atoms with Crippen LogP contribution in [0.4, 0.5) is 0 Å². The first-order valence-electron chi connectivity index (χ1n) is 7.42. The zero-order valence-electron chi connectivity index (χ0n) is 13.2. The maximum Gasteiger partial charge on any atom is 0.308 e. The van der Waals surface area contributed by atoms with Gasteiger partial charge in [0.15, 0.2) is 0 Å². The van der Waals surface area contributed by atoms with E-state index in [1.807, 2.05) is 49.4 Å². The number of esters is 1. The lowest BCUT2D eigenvalue weighted by Crippen LogP contribution is -2.23. The van der Waals surface area contributed by atoms with Crippen molar-refractivity contribution < 1.29 is 14.3 Å². The summed E-state index contributed by atoms with van der Waals surface area (Å²) in [7, 11) is 0. The molecule has 1 aromatic heterocycles. The van der Waals surface area contributed by atoms with Crippen LogP contribution in [0.5, 0.6) is 5.88 Å². The Kier molecular flexibility index (Phi) is 5.53. The molecule has 22 heavy (non-hydrogen) atoms. The van der Waals surface area contributed by atoms with E-state index in [2.05, 4.69) is 4.98 Å². The summed E-state index contributed by atoms with van der Waals surface area (Å²) in [4.78, 5) is 15.9. The monoisotopic (exact) mass is 299 g/mol. The molecule has 0 aliphatic carbocycles. The van der Waals surface area contributed by atoms with Crippen LogP contribution >= 0.6 is 0 Å². The van der Waals surface area contributed by atoms with Gasteiger partial charge in [-0.2, -0.15) is 0 Å². The zero-order valence-corrected chi connectivity index (χ0v) is 13.2. The van der Waals surface area contributed by atoms with Crippen molar-refractivity contribution in [3.8, 4) is 17.1 Å². The maximum absolute atomic E-state index is 11.4. The van der Waals surface area contributed by atoms with Crippen molar-refractivity contribution in [2.75, 3.05) is 6.61 Å². The third-order valence-electron chi connectivity index (χ3n) is 3.05. The molecule has 0 fully saturated rings. The van der Waals surface area contributed by atoms with Crippen LogP contribution in [0, 0.1) is 5.92 Å². The second kappa shape index (κ2) is 7.59. The Balaban J connectivity index is 1.97. The molecule has 0 aliphatic rings. The summed E-state index contributed by atoms with van der Waals surface area (Å²) in [5.41, 5.74) is 1.89. The molecule has 1 atom stereocenters. The van der Waals surface area contributed by atoms with Gasteiger partial charge in [0.2, 0.25) is 5.88 Å². The van der Waals surface area contributed by atoms with E-state index in [4.69, 9.17) is 9.47 Å². The molecule has 4 nitrogen and oxygen atoms in total. The minimum absolute atomic E-state index is 0.133. The van der Waals surface area contributed by atoms with Gasteiger partial charge in [-0.05, 0) is 13.0 Å². The second-order valence-corrected chi connectivity index (χ2v) is 5.44. The predicted molar refractivity (Wildman–Crippen MR) is 85.6 cm³/mol. The number of hydrogen-bond donors (Lipinski definition) is 0. The normalized spacial score (nSPS) is 12.0. The van der Waals surface area contributed by atoms with Gasteiger partial charge in [-0.1, -0.05) is 50.2 Å². The SMILES string of the molecule is CC(COC(=O)C(C)C)Oc1cccc(-c2ccccc2)n1. The third-order valence-corrected chi connectivity index (χ3v) is 3.05. The number of hydrogen-bond acceptors (Lipinski definition) is 4. The van der Waals surface area contributed by atoms with Crippen molar-refractivity contribution in [2.45, 2.75) is 26.9 Å². The standard InChI is InChI=1S/C18H21NO3/c1-13(2)18(20)21-12-14(3)22-17-11-7-10-16(19-17)15-8-5-4-6-9-15/h4-11,13-14H,12H2,1-3H3. The predicted octanol–water partition coefficient (Wildman–Crippen LogP) is 3.72. The molecule has 0 radical (unpaired) electrons. The summed E-state index contributed by atoms with van der Waals surface area (Å²) in [5.74, 6) is 0.169. The Hall–Kier alpha value is -2.36. The van der Waals surface area contributed by atoms with Crippen LogP contribution in [0.1, 0.15) is 20.8 Å². The topological polar surface area (TPSA) is 48.4 Å². The number of rotatable bonds is 6. The van der Waals surface area contributed by atoms with Gasteiger partial charge >= 0.3 is 5.97 Å². The van der Waals surface area contributed by atoms with Gasteiger partial charge in [0, 0.05) is 11.6 Å². The third kappa shape index (κ3) is 4.58. The lowest BCUT2D eigenvalue weighted by atomic mass is 10.1. The van der Waals surface area contributed by atoms with E-state index >= 15 is 0 Å². The molecular weight excluding hydrogens is 278 g/mol. The van der Waals surface area contributed by atoms with E-state index in [1.54, 1.807) is 19.9 Å². The lowest BCUT2D eigenvalue weighted by Gasteiger charge is -2.15. The molecular formula is C18H21NO3. The molecule has 0 spiro atoms. The lowest BCUT2D eigenvalue weighted by molar-refractivity contribution is -0.149. The minimum Gasteiger partial charge on any atom is -0.471 e. The molecule has 2 aromatic rings. The molecule has 0 amide bonds.